The zero-order valence-electron chi connectivity index (χ0n) is 19.4. The Bertz CT molecular complexity index is 1110. The maximum Gasteiger partial charge on any atom is 0.251 e. The number of benzene rings is 3. The van der Waals surface area contributed by atoms with Gasteiger partial charge in [0.15, 0.2) is 0 Å². The molecule has 0 bridgehead atoms. The summed E-state index contributed by atoms with van der Waals surface area (Å²) < 4.78 is 16.8. The molecule has 1 heterocycles. The topological polar surface area (TPSA) is 60.0 Å². The molecule has 3 aromatic carbocycles. The predicted octanol–water partition coefficient (Wildman–Crippen LogP) is 4.34. The molecule has 0 spiro atoms. The molecular formula is C27H30N2O4. The van der Waals surface area contributed by atoms with Crippen LogP contribution in [0.4, 0.5) is 0 Å². The molecule has 0 aliphatic carbocycles. The number of carbonyl (C=O) groups excluding carboxylic acids is 1. The van der Waals surface area contributed by atoms with Gasteiger partial charge < -0.3 is 19.5 Å². The van der Waals surface area contributed by atoms with E-state index in [4.69, 9.17) is 14.2 Å². The molecule has 6 heteroatoms. The Morgan fingerprint density at radius 2 is 1.85 bits per heavy atom. The second-order valence-electron chi connectivity index (χ2n) is 8.23. The van der Waals surface area contributed by atoms with E-state index in [1.54, 1.807) is 14.2 Å². The molecule has 3 aromatic rings. The molecule has 172 valence electrons. The number of ether oxygens (including phenoxy) is 3. The smallest absolute Gasteiger partial charge is 0.251 e. The van der Waals surface area contributed by atoms with Crippen molar-refractivity contribution in [3.8, 4) is 17.2 Å². The first-order chi connectivity index (χ1) is 16.1. The number of rotatable bonds is 7. The second-order valence-corrected chi connectivity index (χ2v) is 8.23. The molecule has 0 unspecified atom stereocenters. The number of fused-ring (bicyclic) bond motifs is 1. The molecule has 1 N–H and O–H groups in total. The van der Waals surface area contributed by atoms with Crippen LogP contribution in [0.3, 0.4) is 0 Å². The highest BCUT2D eigenvalue weighted by molar-refractivity contribution is 5.94. The molecule has 0 saturated heterocycles. The van der Waals surface area contributed by atoms with E-state index >= 15 is 0 Å². The molecule has 0 saturated carbocycles. The summed E-state index contributed by atoms with van der Waals surface area (Å²) in [5.74, 6) is 2.30. The number of hydrogen-bond donors (Lipinski definition) is 1. The fraction of sp³-hybridized carbons (Fsp3) is 0.296. The van der Waals surface area contributed by atoms with Gasteiger partial charge in [-0.05, 0) is 36.8 Å². The first-order valence-corrected chi connectivity index (χ1v) is 11.1. The highest BCUT2D eigenvalue weighted by atomic mass is 16.5. The molecule has 0 atom stereocenters. The summed E-state index contributed by atoms with van der Waals surface area (Å²) in [6.45, 7) is 5.30. The Labute approximate surface area is 195 Å². The third-order valence-electron chi connectivity index (χ3n) is 5.84. The summed E-state index contributed by atoms with van der Waals surface area (Å²) in [7, 11) is 3.31. The van der Waals surface area contributed by atoms with Crippen molar-refractivity contribution in [2.24, 2.45) is 0 Å². The summed E-state index contributed by atoms with van der Waals surface area (Å²) in [5.41, 5.74) is 4.99. The van der Waals surface area contributed by atoms with E-state index in [9.17, 15) is 4.79 Å². The van der Waals surface area contributed by atoms with Crippen LogP contribution < -0.4 is 19.5 Å². The van der Waals surface area contributed by atoms with Crippen LogP contribution in [-0.2, 0) is 19.6 Å². The Hall–Kier alpha value is -3.51. The fourth-order valence-corrected chi connectivity index (χ4v) is 3.94. The van der Waals surface area contributed by atoms with E-state index in [2.05, 4.69) is 10.2 Å². The van der Waals surface area contributed by atoms with Gasteiger partial charge in [0.25, 0.3) is 5.91 Å². The van der Waals surface area contributed by atoms with Crippen LogP contribution in [0.25, 0.3) is 0 Å². The van der Waals surface area contributed by atoms with E-state index in [0.29, 0.717) is 31.8 Å². The van der Waals surface area contributed by atoms with Gasteiger partial charge in [0, 0.05) is 48.9 Å². The highest BCUT2D eigenvalue weighted by Crippen LogP contribution is 2.29. The minimum absolute atomic E-state index is 0.0917. The predicted molar refractivity (Wildman–Crippen MR) is 128 cm³/mol. The first-order valence-electron chi connectivity index (χ1n) is 11.1. The number of aryl methyl sites for hydroxylation is 1. The van der Waals surface area contributed by atoms with Gasteiger partial charge in [-0.3, -0.25) is 9.69 Å². The Morgan fingerprint density at radius 3 is 2.61 bits per heavy atom. The van der Waals surface area contributed by atoms with Crippen molar-refractivity contribution in [3.05, 3.63) is 88.5 Å². The zero-order valence-corrected chi connectivity index (χ0v) is 19.4. The average molecular weight is 447 g/mol. The van der Waals surface area contributed by atoms with Crippen LogP contribution in [0, 0.1) is 6.92 Å². The monoisotopic (exact) mass is 446 g/mol. The van der Waals surface area contributed by atoms with Crippen LogP contribution in [0.2, 0.25) is 0 Å². The molecular weight excluding hydrogens is 416 g/mol. The largest absolute Gasteiger partial charge is 0.497 e. The van der Waals surface area contributed by atoms with Crippen molar-refractivity contribution in [1.82, 2.24) is 10.2 Å². The lowest BCUT2D eigenvalue weighted by Crippen LogP contribution is -2.26. The summed E-state index contributed by atoms with van der Waals surface area (Å²) in [6, 6.07) is 19.7. The van der Waals surface area contributed by atoms with Crippen molar-refractivity contribution in [2.45, 2.75) is 26.6 Å². The molecule has 6 nitrogen and oxygen atoms in total. The number of methoxy groups -OCH3 is 2. The molecule has 0 fully saturated rings. The summed E-state index contributed by atoms with van der Waals surface area (Å²) in [5, 5.41) is 3.01. The lowest BCUT2D eigenvalue weighted by atomic mass is 10.1. The number of nitrogens with one attached hydrogen (secondary N) is 1. The van der Waals surface area contributed by atoms with Gasteiger partial charge in [-0.2, -0.15) is 0 Å². The minimum Gasteiger partial charge on any atom is -0.497 e. The van der Waals surface area contributed by atoms with E-state index in [1.165, 1.54) is 5.56 Å². The first kappa shape index (κ1) is 22.7. The van der Waals surface area contributed by atoms with Crippen molar-refractivity contribution in [1.29, 1.82) is 0 Å². The molecule has 1 amide bonds. The van der Waals surface area contributed by atoms with Crippen LogP contribution >= 0.6 is 0 Å². The molecule has 1 aliphatic heterocycles. The van der Waals surface area contributed by atoms with Gasteiger partial charge in [-0.25, -0.2) is 0 Å². The Morgan fingerprint density at radius 1 is 1.03 bits per heavy atom. The van der Waals surface area contributed by atoms with Gasteiger partial charge >= 0.3 is 0 Å². The maximum atomic E-state index is 12.8. The summed E-state index contributed by atoms with van der Waals surface area (Å²) in [6.07, 6.45) is 0. The standard InChI is InChI=1S/C27H30N2O4/c1-19-4-6-20(7-5-19)16-28-27(30)21-9-11-25-23(14-21)18-29(12-13-33-25)17-22-8-10-24(31-2)15-26(22)32-3/h4-11,14-15H,12-13,16-18H2,1-3H3,(H,28,30). The average Bonchev–Trinajstić information content (AvgIpc) is 3.04. The van der Waals surface area contributed by atoms with Crippen LogP contribution in [-0.4, -0.2) is 38.2 Å². The lowest BCUT2D eigenvalue weighted by molar-refractivity contribution is 0.0950. The van der Waals surface area contributed by atoms with Crippen LogP contribution in [0.1, 0.15) is 32.6 Å². The van der Waals surface area contributed by atoms with Crippen LogP contribution in [0.5, 0.6) is 17.2 Å². The van der Waals surface area contributed by atoms with Gasteiger partial charge in [0.2, 0.25) is 0 Å². The van der Waals surface area contributed by atoms with Gasteiger partial charge in [0.05, 0.1) is 14.2 Å². The highest BCUT2D eigenvalue weighted by Gasteiger charge is 2.19. The van der Waals surface area contributed by atoms with Gasteiger partial charge in [-0.15, -0.1) is 0 Å². The minimum atomic E-state index is -0.0917. The summed E-state index contributed by atoms with van der Waals surface area (Å²) in [4.78, 5) is 15.1. The summed E-state index contributed by atoms with van der Waals surface area (Å²) >= 11 is 0. The quantitative estimate of drug-likeness (QED) is 0.585. The van der Waals surface area contributed by atoms with Crippen molar-refractivity contribution in [2.75, 3.05) is 27.4 Å². The van der Waals surface area contributed by atoms with Crippen molar-refractivity contribution < 1.29 is 19.0 Å². The maximum absolute atomic E-state index is 12.8. The van der Waals surface area contributed by atoms with Gasteiger partial charge in [-0.1, -0.05) is 35.9 Å². The van der Waals surface area contributed by atoms with E-state index in [0.717, 1.165) is 40.5 Å². The second kappa shape index (κ2) is 10.4. The Kier molecular flexibility index (Phi) is 7.15. The zero-order chi connectivity index (χ0) is 23.2. The molecule has 0 aromatic heterocycles. The third-order valence-corrected chi connectivity index (χ3v) is 5.84. The SMILES string of the molecule is COc1ccc(CN2CCOc3ccc(C(=O)NCc4ccc(C)cc4)cc3C2)c(OC)c1. The number of carbonyl (C=O) groups is 1. The van der Waals surface area contributed by atoms with Gasteiger partial charge in [0.1, 0.15) is 23.9 Å². The number of hydrogen-bond acceptors (Lipinski definition) is 5. The molecule has 1 aliphatic rings. The molecule has 0 radical (unpaired) electrons. The van der Waals surface area contributed by atoms with Crippen molar-refractivity contribution in [3.63, 3.8) is 0 Å². The Balaban J connectivity index is 1.45. The fourth-order valence-electron chi connectivity index (χ4n) is 3.94. The number of amides is 1. The molecule has 4 rings (SSSR count). The lowest BCUT2D eigenvalue weighted by Gasteiger charge is -2.21. The van der Waals surface area contributed by atoms with Crippen LogP contribution in [0.15, 0.2) is 60.7 Å². The third kappa shape index (κ3) is 5.65. The number of nitrogens with zero attached hydrogens (tertiary/aromatic N) is 1. The van der Waals surface area contributed by atoms with Crippen molar-refractivity contribution >= 4 is 5.91 Å². The van der Waals surface area contributed by atoms with E-state index in [-0.39, 0.29) is 5.91 Å². The van der Waals surface area contributed by atoms with E-state index in [1.807, 2.05) is 67.6 Å². The van der Waals surface area contributed by atoms with E-state index < -0.39 is 0 Å². The normalized spacial score (nSPS) is 13.4. The molecule has 33 heavy (non-hydrogen) atoms.